The Kier molecular flexibility index (Phi) is 5.48. The Labute approximate surface area is 163 Å². The average molecular weight is 378 g/mol. The van der Waals surface area contributed by atoms with Crippen molar-refractivity contribution >= 4 is 11.6 Å². The summed E-state index contributed by atoms with van der Waals surface area (Å²) >= 11 is 0. The van der Waals surface area contributed by atoms with Crippen LogP contribution < -0.4 is 5.32 Å². The molecule has 0 unspecified atom stereocenters. The van der Waals surface area contributed by atoms with Gasteiger partial charge in [-0.25, -0.2) is 4.39 Å². The van der Waals surface area contributed by atoms with Crippen molar-refractivity contribution in [1.82, 2.24) is 14.7 Å². The number of carbonyl (C=O) groups is 1. The molecule has 28 heavy (non-hydrogen) atoms. The quantitative estimate of drug-likeness (QED) is 0.709. The Morgan fingerprint density at radius 1 is 1.11 bits per heavy atom. The van der Waals surface area contributed by atoms with Crippen LogP contribution in [0.25, 0.3) is 0 Å². The molecule has 4 rings (SSSR count). The monoisotopic (exact) mass is 378 g/mol. The van der Waals surface area contributed by atoms with E-state index in [4.69, 9.17) is 0 Å². The number of nitrogens with zero attached hydrogens (tertiary/aromatic N) is 3. The number of amides is 1. The van der Waals surface area contributed by atoms with E-state index in [1.54, 1.807) is 23.1 Å². The first kappa shape index (κ1) is 18.4. The Balaban J connectivity index is 1.48. The maximum absolute atomic E-state index is 13.4. The molecule has 0 radical (unpaired) electrons. The van der Waals surface area contributed by atoms with Gasteiger partial charge >= 0.3 is 0 Å². The molecule has 0 bridgehead atoms. The predicted octanol–water partition coefficient (Wildman–Crippen LogP) is 3.85. The van der Waals surface area contributed by atoms with Crippen LogP contribution >= 0.6 is 0 Å². The highest BCUT2D eigenvalue weighted by atomic mass is 19.1. The van der Waals surface area contributed by atoms with Crippen LogP contribution in [0.2, 0.25) is 0 Å². The molecule has 1 aliphatic rings. The van der Waals surface area contributed by atoms with Gasteiger partial charge in [-0.3, -0.25) is 14.4 Å². The van der Waals surface area contributed by atoms with Crippen molar-refractivity contribution < 1.29 is 9.18 Å². The van der Waals surface area contributed by atoms with Crippen molar-refractivity contribution in [2.75, 3.05) is 18.4 Å². The lowest BCUT2D eigenvalue weighted by molar-refractivity contribution is -0.121. The summed E-state index contributed by atoms with van der Waals surface area (Å²) in [5, 5.41) is 7.29. The molecule has 1 aliphatic heterocycles. The number of benzene rings is 2. The van der Waals surface area contributed by atoms with Gasteiger partial charge < -0.3 is 5.32 Å². The van der Waals surface area contributed by atoms with Gasteiger partial charge in [0.15, 0.2) is 0 Å². The molecule has 0 spiro atoms. The number of carbonyl (C=O) groups excluding carboxylic acids is 1. The SMILES string of the molecule is O=C(Nc1cnn(Cc2cccc(F)c2)c1)[C@@H](c1ccccc1)N1CCCC1. The average Bonchev–Trinajstić information content (AvgIpc) is 3.36. The normalized spacial score (nSPS) is 15.5. The lowest BCUT2D eigenvalue weighted by atomic mass is 10.0. The Hall–Kier alpha value is -2.99. The van der Waals surface area contributed by atoms with Crippen molar-refractivity contribution in [3.05, 3.63) is 83.9 Å². The molecule has 1 fully saturated rings. The van der Waals surface area contributed by atoms with E-state index in [2.05, 4.69) is 15.3 Å². The smallest absolute Gasteiger partial charge is 0.246 e. The third-order valence-corrected chi connectivity index (χ3v) is 5.00. The summed E-state index contributed by atoms with van der Waals surface area (Å²) in [6, 6.07) is 16.0. The van der Waals surface area contributed by atoms with Crippen LogP contribution in [0.1, 0.15) is 30.0 Å². The molecule has 1 amide bonds. The van der Waals surface area contributed by atoms with Crippen molar-refractivity contribution in [2.24, 2.45) is 0 Å². The van der Waals surface area contributed by atoms with E-state index < -0.39 is 0 Å². The van der Waals surface area contributed by atoms with Crippen LogP contribution in [0.5, 0.6) is 0 Å². The minimum Gasteiger partial charge on any atom is -0.322 e. The minimum atomic E-state index is -0.310. The first-order valence-corrected chi connectivity index (χ1v) is 9.56. The zero-order chi connectivity index (χ0) is 19.3. The molecule has 1 N–H and O–H groups in total. The second-order valence-corrected chi connectivity index (χ2v) is 7.10. The molecule has 1 atom stereocenters. The fraction of sp³-hybridized carbons (Fsp3) is 0.273. The number of hydrogen-bond acceptors (Lipinski definition) is 3. The lowest BCUT2D eigenvalue weighted by Crippen LogP contribution is -2.35. The second kappa shape index (κ2) is 8.35. The Bertz CT molecular complexity index is 934. The number of likely N-dealkylation sites (tertiary alicyclic amines) is 1. The standard InChI is InChI=1S/C22H23FN4O/c23-19-10-6-7-17(13-19)15-27-16-20(14-24-27)25-22(28)21(26-11-4-5-12-26)18-8-2-1-3-9-18/h1-3,6-10,13-14,16,21H,4-5,11-12,15H2,(H,25,28)/t21-/m1/s1. The van der Waals surface area contributed by atoms with Crippen LogP contribution in [0.4, 0.5) is 10.1 Å². The molecule has 6 heteroatoms. The van der Waals surface area contributed by atoms with Gasteiger partial charge in [-0.05, 0) is 49.2 Å². The van der Waals surface area contributed by atoms with E-state index in [-0.39, 0.29) is 17.8 Å². The van der Waals surface area contributed by atoms with E-state index in [9.17, 15) is 9.18 Å². The van der Waals surface area contributed by atoms with Gasteiger partial charge in [-0.1, -0.05) is 42.5 Å². The van der Waals surface area contributed by atoms with E-state index in [1.807, 2.05) is 36.4 Å². The first-order valence-electron chi connectivity index (χ1n) is 9.56. The molecule has 1 aromatic heterocycles. The second-order valence-electron chi connectivity index (χ2n) is 7.10. The fourth-order valence-corrected chi connectivity index (χ4v) is 3.71. The van der Waals surface area contributed by atoms with Crippen LogP contribution in [0.15, 0.2) is 67.0 Å². The summed E-state index contributed by atoms with van der Waals surface area (Å²) in [7, 11) is 0. The lowest BCUT2D eigenvalue weighted by Gasteiger charge is -2.26. The number of anilines is 1. The summed E-state index contributed by atoms with van der Waals surface area (Å²) in [5.41, 5.74) is 2.45. The molecular formula is C22H23FN4O. The Morgan fingerprint density at radius 2 is 1.89 bits per heavy atom. The van der Waals surface area contributed by atoms with Gasteiger partial charge in [0.25, 0.3) is 0 Å². The maximum atomic E-state index is 13.4. The molecule has 144 valence electrons. The number of nitrogens with one attached hydrogen (secondary N) is 1. The van der Waals surface area contributed by atoms with Gasteiger partial charge in [0.1, 0.15) is 11.9 Å². The van der Waals surface area contributed by atoms with E-state index >= 15 is 0 Å². The summed E-state index contributed by atoms with van der Waals surface area (Å²) in [6.07, 6.45) is 5.63. The Morgan fingerprint density at radius 3 is 2.64 bits per heavy atom. The molecule has 3 aromatic rings. The summed E-state index contributed by atoms with van der Waals surface area (Å²) in [5.74, 6) is -0.326. The largest absolute Gasteiger partial charge is 0.322 e. The molecule has 2 heterocycles. The van der Waals surface area contributed by atoms with Crippen molar-refractivity contribution in [3.8, 4) is 0 Å². The molecule has 0 aliphatic carbocycles. The topological polar surface area (TPSA) is 50.2 Å². The highest BCUT2D eigenvalue weighted by molar-refractivity contribution is 5.95. The van der Waals surface area contributed by atoms with Gasteiger partial charge in [0, 0.05) is 6.20 Å². The van der Waals surface area contributed by atoms with Crippen molar-refractivity contribution in [2.45, 2.75) is 25.4 Å². The van der Waals surface area contributed by atoms with E-state index in [0.29, 0.717) is 12.2 Å². The van der Waals surface area contributed by atoms with Gasteiger partial charge in [0.2, 0.25) is 5.91 Å². The number of halogens is 1. The van der Waals surface area contributed by atoms with Gasteiger partial charge in [-0.2, -0.15) is 5.10 Å². The molecular weight excluding hydrogens is 355 g/mol. The number of hydrogen-bond donors (Lipinski definition) is 1. The fourth-order valence-electron chi connectivity index (χ4n) is 3.71. The van der Waals surface area contributed by atoms with Gasteiger partial charge in [-0.15, -0.1) is 0 Å². The van der Waals surface area contributed by atoms with Gasteiger partial charge in [0.05, 0.1) is 18.4 Å². The van der Waals surface area contributed by atoms with Crippen LogP contribution in [-0.4, -0.2) is 33.7 Å². The van der Waals surface area contributed by atoms with E-state index in [0.717, 1.165) is 37.1 Å². The third kappa shape index (κ3) is 4.28. The van der Waals surface area contributed by atoms with Crippen molar-refractivity contribution in [3.63, 3.8) is 0 Å². The van der Waals surface area contributed by atoms with Crippen LogP contribution in [-0.2, 0) is 11.3 Å². The number of rotatable bonds is 6. The van der Waals surface area contributed by atoms with Crippen LogP contribution in [0.3, 0.4) is 0 Å². The molecule has 2 aromatic carbocycles. The summed E-state index contributed by atoms with van der Waals surface area (Å²) < 4.78 is 15.0. The van der Waals surface area contributed by atoms with Crippen LogP contribution in [0, 0.1) is 5.82 Å². The zero-order valence-electron chi connectivity index (χ0n) is 15.6. The maximum Gasteiger partial charge on any atom is 0.246 e. The summed E-state index contributed by atoms with van der Waals surface area (Å²) in [6.45, 7) is 2.29. The number of aromatic nitrogens is 2. The first-order chi connectivity index (χ1) is 13.7. The predicted molar refractivity (Wildman–Crippen MR) is 106 cm³/mol. The highest BCUT2D eigenvalue weighted by Gasteiger charge is 2.29. The minimum absolute atomic E-state index is 0.0570. The summed E-state index contributed by atoms with van der Waals surface area (Å²) in [4.78, 5) is 15.3. The molecule has 0 saturated carbocycles. The molecule has 5 nitrogen and oxygen atoms in total. The highest BCUT2D eigenvalue weighted by Crippen LogP contribution is 2.26. The van der Waals surface area contributed by atoms with Crippen molar-refractivity contribution in [1.29, 1.82) is 0 Å². The van der Waals surface area contributed by atoms with E-state index in [1.165, 1.54) is 12.1 Å². The third-order valence-electron chi connectivity index (χ3n) is 5.00. The molecule has 1 saturated heterocycles. The zero-order valence-corrected chi connectivity index (χ0v) is 15.6.